The monoisotopic (exact) mass is 665 g/mol. The van der Waals surface area contributed by atoms with E-state index in [4.69, 9.17) is 15.0 Å². The summed E-state index contributed by atoms with van der Waals surface area (Å²) < 4.78 is 4.68. The van der Waals surface area contributed by atoms with Gasteiger partial charge < -0.3 is 9.13 Å². The van der Waals surface area contributed by atoms with Crippen LogP contribution in [0.2, 0.25) is 0 Å². The lowest BCUT2D eigenvalue weighted by Crippen LogP contribution is -2.00. The van der Waals surface area contributed by atoms with Crippen molar-refractivity contribution >= 4 is 32.7 Å². The van der Waals surface area contributed by atoms with E-state index in [1.54, 1.807) is 0 Å². The second-order valence-electron chi connectivity index (χ2n) is 12.9. The van der Waals surface area contributed by atoms with Crippen molar-refractivity contribution in [3.05, 3.63) is 188 Å². The number of hydrogen-bond donors (Lipinski definition) is 0. The van der Waals surface area contributed by atoms with Crippen LogP contribution < -0.4 is 0 Å². The average Bonchev–Trinajstić information content (AvgIpc) is 3.82. The van der Waals surface area contributed by atoms with E-state index in [1.165, 1.54) is 32.7 Å². The lowest BCUT2D eigenvalue weighted by molar-refractivity contribution is 1.07. The molecule has 0 aliphatic heterocycles. The minimum absolute atomic E-state index is 0.647. The van der Waals surface area contributed by atoms with Crippen LogP contribution in [0.1, 0.15) is 0 Å². The molecule has 3 aromatic heterocycles. The molecule has 0 bridgehead atoms. The van der Waals surface area contributed by atoms with Crippen LogP contribution in [0.15, 0.2) is 188 Å². The van der Waals surface area contributed by atoms with Crippen LogP contribution in [0.4, 0.5) is 0 Å². The van der Waals surface area contributed by atoms with Crippen LogP contribution in [0.5, 0.6) is 0 Å². The van der Waals surface area contributed by atoms with Gasteiger partial charge in [-0.25, -0.2) is 15.0 Å². The van der Waals surface area contributed by atoms with Gasteiger partial charge in [0, 0.05) is 50.4 Å². The molecule has 0 N–H and O–H groups in total. The Morgan fingerprint density at radius 1 is 0.308 bits per heavy atom. The Morgan fingerprint density at radius 2 is 0.808 bits per heavy atom. The Balaban J connectivity index is 1.03. The molecule has 0 amide bonds. The Morgan fingerprint density at radius 3 is 1.42 bits per heavy atom. The number of para-hydroxylation sites is 2. The molecule has 7 aromatic carbocycles. The summed E-state index contributed by atoms with van der Waals surface area (Å²) in [7, 11) is 0. The predicted octanol–water partition coefficient (Wildman–Crippen LogP) is 11.6. The maximum Gasteiger partial charge on any atom is 0.164 e. The number of nitrogens with zero attached hydrogens (tertiary/aromatic N) is 5. The molecule has 0 fully saturated rings. The first-order valence-electron chi connectivity index (χ1n) is 17.5. The van der Waals surface area contributed by atoms with E-state index in [0.29, 0.717) is 17.5 Å². The highest BCUT2D eigenvalue weighted by atomic mass is 15.0. The highest BCUT2D eigenvalue weighted by molar-refractivity contribution is 6.18. The first-order chi connectivity index (χ1) is 25.8. The molecule has 0 saturated carbocycles. The molecule has 5 nitrogen and oxygen atoms in total. The van der Waals surface area contributed by atoms with Gasteiger partial charge >= 0.3 is 0 Å². The minimum atomic E-state index is 0.647. The Hall–Kier alpha value is -7.11. The molecule has 0 aliphatic carbocycles. The molecule has 244 valence electrons. The zero-order valence-electron chi connectivity index (χ0n) is 28.1. The molecule has 0 spiro atoms. The summed E-state index contributed by atoms with van der Waals surface area (Å²) in [6, 6.07) is 63.5. The van der Waals surface area contributed by atoms with E-state index in [-0.39, 0.29) is 0 Å². The molecule has 0 aliphatic rings. The van der Waals surface area contributed by atoms with Crippen LogP contribution in [0.25, 0.3) is 89.4 Å². The molecular formula is C47H31N5. The maximum atomic E-state index is 4.91. The van der Waals surface area contributed by atoms with Gasteiger partial charge in [0.2, 0.25) is 0 Å². The molecule has 5 heteroatoms. The summed E-state index contributed by atoms with van der Waals surface area (Å²) >= 11 is 0. The number of benzene rings is 7. The molecule has 10 aromatic rings. The third-order valence-corrected chi connectivity index (χ3v) is 9.84. The summed E-state index contributed by atoms with van der Waals surface area (Å²) in [5.41, 5.74) is 11.0. The van der Waals surface area contributed by atoms with Crippen LogP contribution in [0, 0.1) is 0 Å². The number of hydrogen-bond acceptors (Lipinski definition) is 3. The normalized spacial score (nSPS) is 11.5. The standard InChI is InChI=1S/C47H31N5/c1-4-12-34(13-5-1)45-48-46(35-14-6-2-7-15-35)50-47(49-45)36-22-20-32(21-23-36)33-24-26-38(27-25-33)52-43-19-11-10-18-39(43)40-28-29-42-41(44(40)52)30-31-51(42)37-16-8-3-9-17-37/h1-31H. The molecule has 3 heterocycles. The summed E-state index contributed by atoms with van der Waals surface area (Å²) in [6.07, 6.45) is 2.18. The molecule has 0 unspecified atom stereocenters. The van der Waals surface area contributed by atoms with E-state index in [1.807, 2.05) is 60.7 Å². The maximum absolute atomic E-state index is 4.91. The van der Waals surface area contributed by atoms with E-state index in [9.17, 15) is 0 Å². The topological polar surface area (TPSA) is 48.5 Å². The van der Waals surface area contributed by atoms with E-state index >= 15 is 0 Å². The predicted molar refractivity (Wildman–Crippen MR) is 213 cm³/mol. The summed E-state index contributed by atoms with van der Waals surface area (Å²) in [6.45, 7) is 0. The van der Waals surface area contributed by atoms with Crippen molar-refractivity contribution in [2.45, 2.75) is 0 Å². The van der Waals surface area contributed by atoms with Gasteiger partial charge in [-0.05, 0) is 53.6 Å². The van der Waals surface area contributed by atoms with Crippen molar-refractivity contribution in [2.24, 2.45) is 0 Å². The SMILES string of the molecule is c1ccc(-c2nc(-c3ccccc3)nc(-c3ccc(-c4ccc(-n5c6ccccc6c6ccc7c(ccn7-c7ccccc7)c65)cc4)cc3)n2)cc1. The minimum Gasteiger partial charge on any atom is -0.316 e. The first-order valence-corrected chi connectivity index (χ1v) is 17.5. The van der Waals surface area contributed by atoms with Crippen LogP contribution >= 0.6 is 0 Å². The fourth-order valence-corrected chi connectivity index (χ4v) is 7.31. The zero-order valence-corrected chi connectivity index (χ0v) is 28.1. The first kappa shape index (κ1) is 29.8. The highest BCUT2D eigenvalue weighted by Crippen LogP contribution is 2.38. The third-order valence-electron chi connectivity index (χ3n) is 9.84. The van der Waals surface area contributed by atoms with Crippen molar-refractivity contribution in [3.63, 3.8) is 0 Å². The Bertz CT molecular complexity index is 2800. The summed E-state index contributed by atoms with van der Waals surface area (Å²) in [4.78, 5) is 14.6. The zero-order chi connectivity index (χ0) is 34.4. The lowest BCUT2D eigenvalue weighted by atomic mass is 10.0. The fraction of sp³-hybridized carbons (Fsp3) is 0. The Labute approximate surface area is 300 Å². The van der Waals surface area contributed by atoms with Crippen molar-refractivity contribution < 1.29 is 0 Å². The third kappa shape index (κ3) is 5.07. The van der Waals surface area contributed by atoms with Gasteiger partial charge in [0.1, 0.15) is 0 Å². The van der Waals surface area contributed by atoms with Gasteiger partial charge in [-0.3, -0.25) is 0 Å². The highest BCUT2D eigenvalue weighted by Gasteiger charge is 2.17. The second-order valence-corrected chi connectivity index (χ2v) is 12.9. The van der Waals surface area contributed by atoms with E-state index in [0.717, 1.165) is 39.2 Å². The summed E-state index contributed by atoms with van der Waals surface area (Å²) in [5, 5.41) is 3.72. The van der Waals surface area contributed by atoms with Crippen molar-refractivity contribution in [1.82, 2.24) is 24.1 Å². The fourth-order valence-electron chi connectivity index (χ4n) is 7.31. The quantitative estimate of drug-likeness (QED) is 0.178. The molecule has 52 heavy (non-hydrogen) atoms. The molecule has 0 saturated heterocycles. The number of fused-ring (bicyclic) bond motifs is 5. The van der Waals surface area contributed by atoms with Gasteiger partial charge in [-0.15, -0.1) is 0 Å². The van der Waals surface area contributed by atoms with Gasteiger partial charge in [0.05, 0.1) is 16.6 Å². The lowest BCUT2D eigenvalue weighted by Gasteiger charge is -2.11. The largest absolute Gasteiger partial charge is 0.316 e. The van der Waals surface area contributed by atoms with Gasteiger partial charge in [0.15, 0.2) is 17.5 Å². The van der Waals surface area contributed by atoms with Crippen molar-refractivity contribution in [2.75, 3.05) is 0 Å². The molecular weight excluding hydrogens is 635 g/mol. The van der Waals surface area contributed by atoms with E-state index in [2.05, 4.69) is 137 Å². The van der Waals surface area contributed by atoms with Crippen LogP contribution in [-0.2, 0) is 0 Å². The molecule has 10 rings (SSSR count). The van der Waals surface area contributed by atoms with Crippen molar-refractivity contribution in [3.8, 4) is 56.7 Å². The Kier molecular flexibility index (Phi) is 7.07. The number of rotatable bonds is 6. The summed E-state index contributed by atoms with van der Waals surface area (Å²) in [5.74, 6) is 1.96. The second kappa shape index (κ2) is 12.3. The van der Waals surface area contributed by atoms with Crippen molar-refractivity contribution in [1.29, 1.82) is 0 Å². The van der Waals surface area contributed by atoms with E-state index < -0.39 is 0 Å². The van der Waals surface area contributed by atoms with Crippen LogP contribution in [-0.4, -0.2) is 24.1 Å². The van der Waals surface area contributed by atoms with Gasteiger partial charge in [-0.1, -0.05) is 140 Å². The smallest absolute Gasteiger partial charge is 0.164 e. The molecule has 0 atom stereocenters. The van der Waals surface area contributed by atoms with Gasteiger partial charge in [0.25, 0.3) is 0 Å². The number of aromatic nitrogens is 5. The van der Waals surface area contributed by atoms with Gasteiger partial charge in [-0.2, -0.15) is 0 Å². The molecule has 0 radical (unpaired) electrons. The van der Waals surface area contributed by atoms with Crippen LogP contribution in [0.3, 0.4) is 0 Å². The average molecular weight is 666 g/mol.